The summed E-state index contributed by atoms with van der Waals surface area (Å²) in [5.41, 5.74) is 14.1. The lowest BCUT2D eigenvalue weighted by Crippen LogP contribution is -2.11. The highest BCUT2D eigenvalue weighted by Gasteiger charge is 2.29. The van der Waals surface area contributed by atoms with Crippen molar-refractivity contribution < 1.29 is 4.42 Å². The van der Waals surface area contributed by atoms with E-state index in [1.807, 2.05) is 30.3 Å². The topological polar surface area (TPSA) is 55.1 Å². The van der Waals surface area contributed by atoms with E-state index < -0.39 is 0 Å². The smallest absolute Gasteiger partial charge is 0.167 e. The van der Waals surface area contributed by atoms with E-state index in [1.54, 1.807) is 0 Å². The molecule has 0 N–H and O–H groups in total. The lowest BCUT2D eigenvalue weighted by Gasteiger charge is -2.27. The van der Waals surface area contributed by atoms with Gasteiger partial charge in [0.05, 0.1) is 16.6 Å². The second kappa shape index (κ2) is 15.4. The van der Waals surface area contributed by atoms with Crippen molar-refractivity contribution in [1.29, 1.82) is 0 Å². The van der Waals surface area contributed by atoms with E-state index in [0.717, 1.165) is 67.9 Å². The third-order valence-corrected chi connectivity index (χ3v) is 12.5. The third-order valence-electron chi connectivity index (χ3n) is 12.5. The monoisotopic (exact) mass is 808 g/mol. The van der Waals surface area contributed by atoms with E-state index in [1.165, 1.54) is 38.6 Å². The van der Waals surface area contributed by atoms with Gasteiger partial charge in [-0.25, -0.2) is 15.0 Å². The van der Waals surface area contributed by atoms with E-state index in [-0.39, 0.29) is 5.92 Å². The summed E-state index contributed by atoms with van der Waals surface area (Å²) in [5, 5.41) is 4.37. The predicted molar refractivity (Wildman–Crippen MR) is 258 cm³/mol. The van der Waals surface area contributed by atoms with Crippen molar-refractivity contribution in [2.24, 2.45) is 0 Å². The molecule has 5 heteroatoms. The first-order valence-corrected chi connectivity index (χ1v) is 21.6. The van der Waals surface area contributed by atoms with Crippen molar-refractivity contribution in [3.63, 3.8) is 0 Å². The van der Waals surface area contributed by atoms with Gasteiger partial charge in [-0.3, -0.25) is 0 Å². The third kappa shape index (κ3) is 6.53. The maximum absolute atomic E-state index is 6.93. The molecule has 5 nitrogen and oxygen atoms in total. The van der Waals surface area contributed by atoms with Crippen molar-refractivity contribution in [2.75, 3.05) is 4.90 Å². The normalized spacial score (nSPS) is 12.2. The molecule has 12 rings (SSSR count). The summed E-state index contributed by atoms with van der Waals surface area (Å²) in [6.07, 6.45) is 1.55. The highest BCUT2D eigenvalue weighted by Crippen LogP contribution is 2.48. The molecule has 298 valence electrons. The minimum absolute atomic E-state index is 0.252. The fourth-order valence-corrected chi connectivity index (χ4v) is 9.56. The van der Waals surface area contributed by atoms with Gasteiger partial charge in [-0.15, -0.1) is 0 Å². The predicted octanol–water partition coefficient (Wildman–Crippen LogP) is 15.1. The van der Waals surface area contributed by atoms with Crippen LogP contribution in [0, 0.1) is 0 Å². The Bertz CT molecular complexity index is 3420. The SMILES string of the molecule is c1ccc(-c2ccc(N(c3ccc4ccccc4c3)c3ccc(-c4nc(CCC5c6ccccc6-c6ccccc65)nc(-c5ccccc5)n4)c4oc5ccccc5c34)cc2)cc1. The van der Waals surface area contributed by atoms with E-state index in [2.05, 4.69) is 187 Å². The zero-order valence-electron chi connectivity index (χ0n) is 34.4. The molecule has 1 aliphatic rings. The van der Waals surface area contributed by atoms with Gasteiger partial charge in [-0.2, -0.15) is 0 Å². The Morgan fingerprint density at radius 1 is 0.444 bits per heavy atom. The molecule has 1 aliphatic carbocycles. The van der Waals surface area contributed by atoms with Gasteiger partial charge in [0.15, 0.2) is 11.6 Å². The maximum Gasteiger partial charge on any atom is 0.167 e. The van der Waals surface area contributed by atoms with Gasteiger partial charge < -0.3 is 9.32 Å². The van der Waals surface area contributed by atoms with Crippen LogP contribution in [0.15, 0.2) is 217 Å². The van der Waals surface area contributed by atoms with Gasteiger partial charge in [0.2, 0.25) is 0 Å². The Morgan fingerprint density at radius 3 is 1.81 bits per heavy atom. The van der Waals surface area contributed by atoms with Gasteiger partial charge in [-0.1, -0.05) is 170 Å². The molecular weight excluding hydrogens is 769 g/mol. The second-order valence-corrected chi connectivity index (χ2v) is 16.2. The molecule has 0 radical (unpaired) electrons. The zero-order chi connectivity index (χ0) is 41.7. The van der Waals surface area contributed by atoms with Gasteiger partial charge in [0.1, 0.15) is 17.0 Å². The molecule has 9 aromatic carbocycles. The molecule has 0 bridgehead atoms. The molecule has 0 saturated heterocycles. The summed E-state index contributed by atoms with van der Waals surface area (Å²) in [6, 6.07) is 75.0. The van der Waals surface area contributed by atoms with Gasteiger partial charge >= 0.3 is 0 Å². The molecule has 0 aliphatic heterocycles. The molecule has 0 unspecified atom stereocenters. The Kier molecular flexibility index (Phi) is 8.96. The fraction of sp³-hybridized carbons (Fsp3) is 0.0517. The molecule has 0 spiro atoms. The number of hydrogen-bond acceptors (Lipinski definition) is 5. The fourth-order valence-electron chi connectivity index (χ4n) is 9.56. The number of aromatic nitrogens is 3. The summed E-state index contributed by atoms with van der Waals surface area (Å²) in [6.45, 7) is 0. The van der Waals surface area contributed by atoms with Crippen LogP contribution < -0.4 is 4.90 Å². The van der Waals surface area contributed by atoms with Gasteiger partial charge in [0.25, 0.3) is 0 Å². The van der Waals surface area contributed by atoms with Crippen LogP contribution in [0.3, 0.4) is 0 Å². The van der Waals surface area contributed by atoms with E-state index in [4.69, 9.17) is 19.4 Å². The summed E-state index contributed by atoms with van der Waals surface area (Å²) in [4.78, 5) is 18.0. The summed E-state index contributed by atoms with van der Waals surface area (Å²) >= 11 is 0. The number of aryl methyl sites for hydroxylation is 1. The Labute approximate surface area is 365 Å². The minimum Gasteiger partial charge on any atom is -0.455 e. The Morgan fingerprint density at radius 2 is 1.05 bits per heavy atom. The molecule has 2 aromatic heterocycles. The van der Waals surface area contributed by atoms with Crippen LogP contribution >= 0.6 is 0 Å². The molecule has 63 heavy (non-hydrogen) atoms. The van der Waals surface area contributed by atoms with Crippen molar-refractivity contribution in [3.8, 4) is 45.0 Å². The Hall–Kier alpha value is -8.15. The van der Waals surface area contributed by atoms with Crippen LogP contribution in [-0.4, -0.2) is 15.0 Å². The van der Waals surface area contributed by atoms with Crippen LogP contribution in [0.5, 0.6) is 0 Å². The van der Waals surface area contributed by atoms with Crippen molar-refractivity contribution in [3.05, 3.63) is 229 Å². The van der Waals surface area contributed by atoms with E-state index >= 15 is 0 Å². The van der Waals surface area contributed by atoms with Crippen molar-refractivity contribution in [1.82, 2.24) is 15.0 Å². The standard InChI is InChI=1S/C58H40N4O/c1-3-15-38(16-4-1)40-27-30-43(31-28-40)62(44-32-29-39-17-7-8-20-42(39)37-44)52-35-33-51(56-55(52)50-25-13-14-26-53(50)63-56)58-60-54(59-57(61-58)41-18-5-2-6-19-41)36-34-49-47-23-11-9-21-45(47)46-22-10-12-24-48(46)49/h1-33,35,37,49H,34,36H2. The van der Waals surface area contributed by atoms with Gasteiger partial charge in [-0.05, 0) is 93.0 Å². The van der Waals surface area contributed by atoms with Crippen LogP contribution in [0.25, 0.3) is 77.7 Å². The Balaban J connectivity index is 1.02. The van der Waals surface area contributed by atoms with E-state index in [9.17, 15) is 0 Å². The first kappa shape index (κ1) is 36.7. The number of hydrogen-bond donors (Lipinski definition) is 0. The van der Waals surface area contributed by atoms with Gasteiger partial charge in [0, 0.05) is 34.7 Å². The number of rotatable bonds is 9. The summed E-state index contributed by atoms with van der Waals surface area (Å²) < 4.78 is 6.93. The zero-order valence-corrected chi connectivity index (χ0v) is 34.4. The number of furan rings is 1. The molecule has 0 atom stereocenters. The number of benzene rings is 9. The number of nitrogens with zero attached hydrogens (tertiary/aromatic N) is 4. The molecule has 0 saturated carbocycles. The largest absolute Gasteiger partial charge is 0.455 e. The highest BCUT2D eigenvalue weighted by atomic mass is 16.3. The molecule has 0 amide bonds. The van der Waals surface area contributed by atoms with Crippen LogP contribution in [0.2, 0.25) is 0 Å². The quantitative estimate of drug-likeness (QED) is 0.145. The lowest BCUT2D eigenvalue weighted by molar-refractivity contribution is 0.669. The first-order valence-electron chi connectivity index (χ1n) is 21.6. The lowest BCUT2D eigenvalue weighted by atomic mass is 9.92. The molecular formula is C58H40N4O. The van der Waals surface area contributed by atoms with Crippen LogP contribution in [0.4, 0.5) is 17.1 Å². The number of para-hydroxylation sites is 1. The van der Waals surface area contributed by atoms with Crippen LogP contribution in [-0.2, 0) is 6.42 Å². The van der Waals surface area contributed by atoms with Crippen LogP contribution in [0.1, 0.15) is 29.3 Å². The maximum atomic E-state index is 6.93. The number of fused-ring (bicyclic) bond motifs is 7. The van der Waals surface area contributed by atoms with E-state index in [0.29, 0.717) is 18.1 Å². The minimum atomic E-state index is 0.252. The van der Waals surface area contributed by atoms with Crippen molar-refractivity contribution >= 4 is 49.8 Å². The summed E-state index contributed by atoms with van der Waals surface area (Å²) in [5.74, 6) is 2.24. The average molecular weight is 809 g/mol. The first-order chi connectivity index (χ1) is 31.2. The molecule has 2 heterocycles. The number of anilines is 3. The molecule has 11 aromatic rings. The van der Waals surface area contributed by atoms with Crippen molar-refractivity contribution in [2.45, 2.75) is 18.8 Å². The molecule has 0 fully saturated rings. The summed E-state index contributed by atoms with van der Waals surface area (Å²) in [7, 11) is 0. The highest BCUT2D eigenvalue weighted by molar-refractivity contribution is 6.17. The second-order valence-electron chi connectivity index (χ2n) is 16.2. The average Bonchev–Trinajstić information content (AvgIpc) is 3.90.